The molecule has 0 aliphatic heterocycles. The topological polar surface area (TPSA) is 29.5 Å². The number of rotatable bonds is 4. The fourth-order valence-corrected chi connectivity index (χ4v) is 2.20. The summed E-state index contributed by atoms with van der Waals surface area (Å²) < 4.78 is 18.1. The molecule has 0 saturated carbocycles. The van der Waals surface area contributed by atoms with Crippen LogP contribution in [0.4, 0.5) is 4.39 Å². The van der Waals surface area contributed by atoms with Gasteiger partial charge in [-0.2, -0.15) is 0 Å². The highest BCUT2D eigenvalue weighted by Crippen LogP contribution is 2.29. The Morgan fingerprint density at radius 3 is 2.68 bits per heavy atom. The zero-order valence-corrected chi connectivity index (χ0v) is 11.2. The number of ether oxygens (including phenoxy) is 1. The summed E-state index contributed by atoms with van der Waals surface area (Å²) in [5.74, 6) is 0.317. The van der Waals surface area contributed by atoms with Crippen molar-refractivity contribution in [1.29, 1.82) is 0 Å². The van der Waals surface area contributed by atoms with Crippen LogP contribution in [0.15, 0.2) is 42.5 Å². The molecule has 0 spiro atoms. The third-order valence-electron chi connectivity index (χ3n) is 2.88. The van der Waals surface area contributed by atoms with Gasteiger partial charge in [-0.25, -0.2) is 4.39 Å². The molecule has 100 valence electrons. The minimum atomic E-state index is -0.778. The standard InChI is InChI=1S/C15H14ClFO2/c1-19-12-5-6-13(14(16)9-12)15(18)8-10-3-2-4-11(17)7-10/h2-7,9,15,18H,8H2,1H3. The molecular formula is C15H14ClFO2. The summed E-state index contributed by atoms with van der Waals surface area (Å²) in [7, 11) is 1.55. The first-order chi connectivity index (χ1) is 9.10. The maximum Gasteiger partial charge on any atom is 0.123 e. The summed E-state index contributed by atoms with van der Waals surface area (Å²) >= 11 is 6.09. The fourth-order valence-electron chi connectivity index (χ4n) is 1.90. The van der Waals surface area contributed by atoms with Gasteiger partial charge in [-0.1, -0.05) is 29.8 Å². The second-order valence-electron chi connectivity index (χ2n) is 4.24. The van der Waals surface area contributed by atoms with E-state index in [4.69, 9.17) is 16.3 Å². The van der Waals surface area contributed by atoms with Crippen LogP contribution < -0.4 is 4.74 Å². The van der Waals surface area contributed by atoms with Crippen LogP contribution >= 0.6 is 11.6 Å². The minimum absolute atomic E-state index is 0.309. The molecule has 0 amide bonds. The maximum absolute atomic E-state index is 13.1. The van der Waals surface area contributed by atoms with E-state index < -0.39 is 6.10 Å². The normalized spacial score (nSPS) is 12.2. The van der Waals surface area contributed by atoms with Crippen molar-refractivity contribution >= 4 is 11.6 Å². The van der Waals surface area contributed by atoms with Crippen LogP contribution in [0.3, 0.4) is 0 Å². The van der Waals surface area contributed by atoms with Gasteiger partial charge in [0.1, 0.15) is 11.6 Å². The lowest BCUT2D eigenvalue weighted by Gasteiger charge is -2.13. The SMILES string of the molecule is COc1ccc(C(O)Cc2cccc(F)c2)c(Cl)c1. The molecule has 1 unspecified atom stereocenters. The Bertz CT molecular complexity index is 572. The van der Waals surface area contributed by atoms with E-state index in [-0.39, 0.29) is 5.82 Å². The summed E-state index contributed by atoms with van der Waals surface area (Å²) in [6.07, 6.45) is -0.468. The van der Waals surface area contributed by atoms with E-state index in [2.05, 4.69) is 0 Å². The van der Waals surface area contributed by atoms with E-state index in [9.17, 15) is 9.50 Å². The summed E-state index contributed by atoms with van der Waals surface area (Å²) in [6, 6.07) is 11.3. The summed E-state index contributed by atoms with van der Waals surface area (Å²) in [4.78, 5) is 0. The molecule has 2 aromatic carbocycles. The molecule has 2 nitrogen and oxygen atoms in total. The predicted octanol–water partition coefficient (Wildman–Crippen LogP) is 3.76. The number of methoxy groups -OCH3 is 1. The van der Waals surface area contributed by atoms with E-state index in [0.29, 0.717) is 22.8 Å². The Morgan fingerprint density at radius 1 is 1.26 bits per heavy atom. The molecule has 0 bridgehead atoms. The first-order valence-corrected chi connectivity index (χ1v) is 6.24. The third-order valence-corrected chi connectivity index (χ3v) is 3.21. The Labute approximate surface area is 116 Å². The molecule has 0 saturated heterocycles. The van der Waals surface area contributed by atoms with Crippen LogP contribution in [-0.2, 0) is 6.42 Å². The first-order valence-electron chi connectivity index (χ1n) is 5.86. The van der Waals surface area contributed by atoms with Gasteiger partial charge in [0.05, 0.1) is 18.2 Å². The van der Waals surface area contributed by atoms with Crippen molar-refractivity contribution in [2.45, 2.75) is 12.5 Å². The monoisotopic (exact) mass is 280 g/mol. The highest BCUT2D eigenvalue weighted by molar-refractivity contribution is 6.31. The van der Waals surface area contributed by atoms with E-state index in [1.165, 1.54) is 12.1 Å². The van der Waals surface area contributed by atoms with Crippen molar-refractivity contribution in [3.63, 3.8) is 0 Å². The average Bonchev–Trinajstić information content (AvgIpc) is 2.38. The molecule has 1 N–H and O–H groups in total. The van der Waals surface area contributed by atoms with Gasteiger partial charge in [-0.05, 0) is 35.4 Å². The molecule has 1 atom stereocenters. The van der Waals surface area contributed by atoms with Crippen LogP contribution in [0, 0.1) is 5.82 Å². The average molecular weight is 281 g/mol. The van der Waals surface area contributed by atoms with Crippen LogP contribution in [-0.4, -0.2) is 12.2 Å². The highest BCUT2D eigenvalue weighted by Gasteiger charge is 2.13. The van der Waals surface area contributed by atoms with Crippen molar-refractivity contribution in [2.24, 2.45) is 0 Å². The zero-order chi connectivity index (χ0) is 13.8. The Hall–Kier alpha value is -1.58. The molecule has 19 heavy (non-hydrogen) atoms. The Morgan fingerprint density at radius 2 is 2.05 bits per heavy atom. The minimum Gasteiger partial charge on any atom is -0.497 e. The van der Waals surface area contributed by atoms with Crippen molar-refractivity contribution in [1.82, 2.24) is 0 Å². The number of benzene rings is 2. The maximum atomic E-state index is 13.1. The smallest absolute Gasteiger partial charge is 0.123 e. The van der Waals surface area contributed by atoms with Gasteiger partial charge < -0.3 is 9.84 Å². The van der Waals surface area contributed by atoms with Crippen LogP contribution in [0.2, 0.25) is 5.02 Å². The van der Waals surface area contributed by atoms with Crippen LogP contribution in [0.5, 0.6) is 5.75 Å². The Kier molecular flexibility index (Phi) is 4.40. The van der Waals surface area contributed by atoms with E-state index in [0.717, 1.165) is 5.56 Å². The molecule has 0 fully saturated rings. The van der Waals surface area contributed by atoms with Gasteiger partial charge >= 0.3 is 0 Å². The van der Waals surface area contributed by atoms with Gasteiger partial charge in [0.25, 0.3) is 0 Å². The van der Waals surface area contributed by atoms with Crippen molar-refractivity contribution in [3.05, 3.63) is 64.4 Å². The van der Waals surface area contributed by atoms with Gasteiger partial charge in [-0.15, -0.1) is 0 Å². The first kappa shape index (κ1) is 13.8. The van der Waals surface area contributed by atoms with Gasteiger partial charge in [-0.3, -0.25) is 0 Å². The molecule has 2 rings (SSSR count). The Balaban J connectivity index is 2.18. The van der Waals surface area contributed by atoms with Crippen LogP contribution in [0.1, 0.15) is 17.2 Å². The molecular weight excluding hydrogens is 267 g/mol. The quantitative estimate of drug-likeness (QED) is 0.924. The third kappa shape index (κ3) is 3.46. The molecule has 0 heterocycles. The zero-order valence-electron chi connectivity index (χ0n) is 10.4. The molecule has 0 radical (unpaired) electrons. The highest BCUT2D eigenvalue weighted by atomic mass is 35.5. The second kappa shape index (κ2) is 6.04. The van der Waals surface area contributed by atoms with Crippen LogP contribution in [0.25, 0.3) is 0 Å². The lowest BCUT2D eigenvalue weighted by atomic mass is 10.0. The van der Waals surface area contributed by atoms with Gasteiger partial charge in [0.15, 0.2) is 0 Å². The van der Waals surface area contributed by atoms with E-state index >= 15 is 0 Å². The fraction of sp³-hybridized carbons (Fsp3) is 0.200. The molecule has 0 aromatic heterocycles. The second-order valence-corrected chi connectivity index (χ2v) is 4.64. The van der Waals surface area contributed by atoms with Gasteiger partial charge in [0, 0.05) is 6.42 Å². The number of aliphatic hydroxyl groups is 1. The summed E-state index contributed by atoms with van der Waals surface area (Å²) in [5.41, 5.74) is 1.33. The number of hydrogen-bond donors (Lipinski definition) is 1. The molecule has 0 aliphatic rings. The van der Waals surface area contributed by atoms with E-state index in [1.807, 2.05) is 0 Å². The molecule has 0 aliphatic carbocycles. The lowest BCUT2D eigenvalue weighted by molar-refractivity contribution is 0.178. The largest absolute Gasteiger partial charge is 0.497 e. The lowest BCUT2D eigenvalue weighted by Crippen LogP contribution is -2.03. The summed E-state index contributed by atoms with van der Waals surface area (Å²) in [5, 5.41) is 10.6. The van der Waals surface area contributed by atoms with Crippen molar-refractivity contribution < 1.29 is 14.2 Å². The number of hydrogen-bond acceptors (Lipinski definition) is 2. The van der Waals surface area contributed by atoms with Crippen molar-refractivity contribution in [2.75, 3.05) is 7.11 Å². The van der Waals surface area contributed by atoms with E-state index in [1.54, 1.807) is 37.4 Å². The van der Waals surface area contributed by atoms with Crippen molar-refractivity contribution in [3.8, 4) is 5.75 Å². The molecule has 4 heteroatoms. The number of aliphatic hydroxyl groups excluding tert-OH is 1. The predicted molar refractivity (Wildman–Crippen MR) is 73.1 cm³/mol. The van der Waals surface area contributed by atoms with Gasteiger partial charge in [0.2, 0.25) is 0 Å². The molecule has 2 aromatic rings. The number of halogens is 2. The summed E-state index contributed by atoms with van der Waals surface area (Å²) in [6.45, 7) is 0.